The highest BCUT2D eigenvalue weighted by Crippen LogP contribution is 2.26. The summed E-state index contributed by atoms with van der Waals surface area (Å²) in [5.41, 5.74) is 2.89. The van der Waals surface area contributed by atoms with Gasteiger partial charge in [0.05, 0.1) is 12.7 Å². The second-order valence-corrected chi connectivity index (χ2v) is 6.16. The lowest BCUT2D eigenvalue weighted by Crippen LogP contribution is -2.45. The number of hydrogen-bond acceptors (Lipinski definition) is 4. The minimum Gasteiger partial charge on any atom is -0.345 e. The molecule has 0 saturated heterocycles. The van der Waals surface area contributed by atoms with Gasteiger partial charge in [0, 0.05) is 31.0 Å². The van der Waals surface area contributed by atoms with E-state index < -0.39 is 6.04 Å². The fourth-order valence-corrected chi connectivity index (χ4v) is 3.19. The number of likely N-dealkylation sites (N-methyl/N-ethyl adjacent to an activating group) is 1. The summed E-state index contributed by atoms with van der Waals surface area (Å²) in [6.07, 6.45) is 5.34. The number of para-hydroxylation sites is 1. The number of carbonyl (C=O) groups is 2. The maximum atomic E-state index is 12.6. The fraction of sp³-hybridized carbons (Fsp3) is 0.389. The number of hydrogen-bond donors (Lipinski definition) is 2. The number of fused-ring (bicyclic) bond motifs is 1. The Labute approximate surface area is 147 Å². The predicted octanol–water partition coefficient (Wildman–Crippen LogP) is 0.776. The van der Waals surface area contributed by atoms with Crippen molar-refractivity contribution in [3.63, 3.8) is 0 Å². The molecule has 0 bridgehead atoms. The summed E-state index contributed by atoms with van der Waals surface area (Å²) in [5.74, 6) is -0.337. The van der Waals surface area contributed by atoms with Crippen LogP contribution in [-0.4, -0.2) is 41.7 Å². The van der Waals surface area contributed by atoms with Crippen LogP contribution in [0.15, 0.2) is 36.7 Å². The number of carbonyl (C=O) groups excluding carboxylic acids is 2. The number of nitrogens with zero attached hydrogens (tertiary/aromatic N) is 3. The van der Waals surface area contributed by atoms with Crippen LogP contribution >= 0.6 is 0 Å². The lowest BCUT2D eigenvalue weighted by atomic mass is 10.0. The second kappa shape index (κ2) is 7.48. The van der Waals surface area contributed by atoms with Crippen LogP contribution in [0.1, 0.15) is 23.6 Å². The molecule has 0 fully saturated rings. The van der Waals surface area contributed by atoms with Crippen molar-refractivity contribution in [1.82, 2.24) is 20.4 Å². The van der Waals surface area contributed by atoms with Gasteiger partial charge in [-0.1, -0.05) is 18.2 Å². The van der Waals surface area contributed by atoms with Gasteiger partial charge in [-0.05, 0) is 31.5 Å². The zero-order chi connectivity index (χ0) is 17.8. The van der Waals surface area contributed by atoms with Crippen LogP contribution in [0.25, 0.3) is 0 Å². The summed E-state index contributed by atoms with van der Waals surface area (Å²) in [7, 11) is 3.51. The first-order valence-corrected chi connectivity index (χ1v) is 8.42. The average molecular weight is 341 g/mol. The molecular weight excluding hydrogens is 318 g/mol. The smallest absolute Gasteiger partial charge is 0.246 e. The number of aryl methyl sites for hydroxylation is 2. The molecule has 1 unspecified atom stereocenters. The van der Waals surface area contributed by atoms with Crippen molar-refractivity contribution in [1.29, 1.82) is 0 Å². The van der Waals surface area contributed by atoms with Crippen LogP contribution in [0.2, 0.25) is 0 Å². The molecule has 1 atom stereocenters. The standard InChI is InChI=1S/C18H23N5O2/c1-19-17(14-10-21-22(2)12-14)18(25)20-11-16(24)23-9-5-7-13-6-3-4-8-15(13)23/h3-4,6,8,10,12,17,19H,5,7,9,11H2,1-2H3,(H,20,25). The minimum atomic E-state index is -0.532. The first-order valence-electron chi connectivity index (χ1n) is 8.42. The molecule has 2 heterocycles. The molecule has 2 N–H and O–H groups in total. The second-order valence-electron chi connectivity index (χ2n) is 6.16. The van der Waals surface area contributed by atoms with E-state index >= 15 is 0 Å². The van der Waals surface area contributed by atoms with E-state index in [4.69, 9.17) is 0 Å². The third kappa shape index (κ3) is 3.71. The van der Waals surface area contributed by atoms with E-state index in [1.54, 1.807) is 36.1 Å². The van der Waals surface area contributed by atoms with Crippen molar-refractivity contribution in [2.45, 2.75) is 18.9 Å². The Kier molecular flexibility index (Phi) is 5.14. The monoisotopic (exact) mass is 341 g/mol. The molecule has 1 aromatic carbocycles. The molecule has 0 spiro atoms. The molecule has 7 nitrogen and oxygen atoms in total. The van der Waals surface area contributed by atoms with Crippen molar-refractivity contribution < 1.29 is 9.59 Å². The van der Waals surface area contributed by atoms with Crippen LogP contribution in [0.3, 0.4) is 0 Å². The number of aromatic nitrogens is 2. The van der Waals surface area contributed by atoms with Crippen LogP contribution in [0.4, 0.5) is 5.69 Å². The van der Waals surface area contributed by atoms with Crippen molar-refractivity contribution >= 4 is 17.5 Å². The largest absolute Gasteiger partial charge is 0.345 e. The molecule has 132 valence electrons. The molecule has 25 heavy (non-hydrogen) atoms. The molecule has 0 saturated carbocycles. The number of rotatable bonds is 5. The number of benzene rings is 1. The Bertz CT molecular complexity index is 770. The van der Waals surface area contributed by atoms with Gasteiger partial charge in [0.15, 0.2) is 0 Å². The summed E-state index contributed by atoms with van der Waals surface area (Å²) in [6.45, 7) is 0.662. The van der Waals surface area contributed by atoms with Crippen molar-refractivity contribution in [3.05, 3.63) is 47.8 Å². The predicted molar refractivity (Wildman–Crippen MR) is 95.1 cm³/mol. The van der Waals surface area contributed by atoms with Crippen LogP contribution in [0.5, 0.6) is 0 Å². The SMILES string of the molecule is CNC(C(=O)NCC(=O)N1CCCc2ccccc21)c1cnn(C)c1. The average Bonchev–Trinajstić information content (AvgIpc) is 3.05. The normalized spacial score (nSPS) is 14.7. The van der Waals surface area contributed by atoms with Gasteiger partial charge in [0.25, 0.3) is 0 Å². The van der Waals surface area contributed by atoms with Gasteiger partial charge in [-0.15, -0.1) is 0 Å². The molecule has 0 aliphatic carbocycles. The molecule has 2 amide bonds. The van der Waals surface area contributed by atoms with E-state index in [0.29, 0.717) is 6.54 Å². The van der Waals surface area contributed by atoms with Gasteiger partial charge in [-0.3, -0.25) is 14.3 Å². The third-order valence-corrected chi connectivity index (χ3v) is 4.43. The lowest BCUT2D eigenvalue weighted by molar-refractivity contribution is -0.126. The maximum absolute atomic E-state index is 12.6. The van der Waals surface area contributed by atoms with Gasteiger partial charge in [-0.2, -0.15) is 5.10 Å². The molecule has 1 aliphatic rings. The van der Waals surface area contributed by atoms with E-state index in [1.165, 1.54) is 5.56 Å². The van der Waals surface area contributed by atoms with Gasteiger partial charge in [-0.25, -0.2) is 0 Å². The van der Waals surface area contributed by atoms with Crippen molar-refractivity contribution in [3.8, 4) is 0 Å². The zero-order valence-corrected chi connectivity index (χ0v) is 14.5. The summed E-state index contributed by atoms with van der Waals surface area (Å²) >= 11 is 0. The van der Waals surface area contributed by atoms with Gasteiger partial charge in [0.1, 0.15) is 6.04 Å². The van der Waals surface area contributed by atoms with Crippen molar-refractivity contribution in [2.75, 3.05) is 25.0 Å². The summed E-state index contributed by atoms with van der Waals surface area (Å²) < 4.78 is 1.64. The number of amides is 2. The molecule has 3 rings (SSSR count). The van der Waals surface area contributed by atoms with Crippen LogP contribution in [-0.2, 0) is 23.1 Å². The number of nitrogens with one attached hydrogen (secondary N) is 2. The first kappa shape index (κ1) is 17.2. The molecule has 1 aliphatic heterocycles. The summed E-state index contributed by atoms with van der Waals surface area (Å²) in [5, 5.41) is 9.78. The van der Waals surface area contributed by atoms with Gasteiger partial charge < -0.3 is 15.5 Å². The third-order valence-electron chi connectivity index (χ3n) is 4.43. The molecule has 0 radical (unpaired) electrons. The zero-order valence-electron chi connectivity index (χ0n) is 14.5. The van der Waals surface area contributed by atoms with Gasteiger partial charge >= 0.3 is 0 Å². The Hall–Kier alpha value is -2.67. The highest BCUT2D eigenvalue weighted by Gasteiger charge is 2.24. The highest BCUT2D eigenvalue weighted by molar-refractivity contribution is 5.98. The van der Waals surface area contributed by atoms with E-state index in [1.807, 2.05) is 24.3 Å². The first-order chi connectivity index (χ1) is 12.1. The molecule has 2 aromatic rings. The fourth-order valence-electron chi connectivity index (χ4n) is 3.19. The van der Waals surface area contributed by atoms with Crippen molar-refractivity contribution in [2.24, 2.45) is 7.05 Å². The Balaban J connectivity index is 1.63. The molecule has 1 aromatic heterocycles. The van der Waals surface area contributed by atoms with E-state index in [9.17, 15) is 9.59 Å². The highest BCUT2D eigenvalue weighted by atomic mass is 16.2. The maximum Gasteiger partial charge on any atom is 0.246 e. The number of anilines is 1. The summed E-state index contributed by atoms with van der Waals surface area (Å²) in [4.78, 5) is 26.8. The molecule has 7 heteroatoms. The quantitative estimate of drug-likeness (QED) is 0.842. The Morgan fingerprint density at radius 1 is 1.32 bits per heavy atom. The van der Waals surface area contributed by atoms with E-state index in [0.717, 1.165) is 24.1 Å². The van der Waals surface area contributed by atoms with Gasteiger partial charge in [0.2, 0.25) is 11.8 Å². The lowest BCUT2D eigenvalue weighted by Gasteiger charge is -2.29. The topological polar surface area (TPSA) is 79.3 Å². The van der Waals surface area contributed by atoms with E-state index in [2.05, 4.69) is 15.7 Å². The Morgan fingerprint density at radius 3 is 2.84 bits per heavy atom. The van der Waals surface area contributed by atoms with Crippen LogP contribution in [0, 0.1) is 0 Å². The molecular formula is C18H23N5O2. The van der Waals surface area contributed by atoms with Crippen LogP contribution < -0.4 is 15.5 Å². The minimum absolute atomic E-state index is 0.0222. The Morgan fingerprint density at radius 2 is 2.12 bits per heavy atom. The summed E-state index contributed by atoms with van der Waals surface area (Å²) in [6, 6.07) is 7.39. The van der Waals surface area contributed by atoms with E-state index in [-0.39, 0.29) is 18.4 Å².